The lowest BCUT2D eigenvalue weighted by atomic mass is 10.0. The monoisotopic (exact) mass is 350 g/mol. The van der Waals surface area contributed by atoms with Crippen LogP contribution in [0.25, 0.3) is 0 Å². The van der Waals surface area contributed by atoms with E-state index in [2.05, 4.69) is 4.72 Å². The second kappa shape index (κ2) is 6.93. The number of amides is 2. The molecule has 1 heterocycles. The average molecular weight is 350 g/mol. The van der Waals surface area contributed by atoms with Gasteiger partial charge in [0, 0.05) is 12.1 Å². The zero-order valence-corrected chi connectivity index (χ0v) is 14.3. The zero-order valence-electron chi connectivity index (χ0n) is 13.5. The number of rotatable bonds is 4. The van der Waals surface area contributed by atoms with E-state index >= 15 is 0 Å². The molecular formula is C17H22N2O4S. The van der Waals surface area contributed by atoms with Crippen LogP contribution in [0.5, 0.6) is 0 Å². The number of para-hydroxylation sites is 1. The lowest BCUT2D eigenvalue weighted by molar-refractivity contribution is -0.123. The molecule has 0 atom stereocenters. The number of nitrogens with zero attached hydrogens (tertiary/aromatic N) is 1. The van der Waals surface area contributed by atoms with Gasteiger partial charge in [0.1, 0.15) is 6.54 Å². The molecule has 0 spiro atoms. The highest BCUT2D eigenvalue weighted by Gasteiger charge is 2.31. The topological polar surface area (TPSA) is 83.6 Å². The molecule has 1 aromatic carbocycles. The predicted octanol–water partition coefficient (Wildman–Crippen LogP) is 1.74. The molecule has 6 nitrogen and oxygen atoms in total. The molecule has 1 fully saturated rings. The van der Waals surface area contributed by atoms with Crippen LogP contribution in [-0.4, -0.2) is 32.0 Å². The second-order valence-corrected chi connectivity index (χ2v) is 8.40. The number of carbonyl (C=O) groups excluding carboxylic acids is 2. The molecule has 1 aliphatic heterocycles. The number of hydrogen-bond acceptors (Lipinski definition) is 4. The molecule has 24 heavy (non-hydrogen) atoms. The molecule has 7 heteroatoms. The Bertz CT molecular complexity index is 739. The van der Waals surface area contributed by atoms with Gasteiger partial charge in [-0.25, -0.2) is 8.42 Å². The van der Waals surface area contributed by atoms with Crippen molar-refractivity contribution in [3.63, 3.8) is 0 Å². The third-order valence-corrected chi connectivity index (χ3v) is 6.60. The van der Waals surface area contributed by atoms with Gasteiger partial charge in [-0.05, 0) is 30.9 Å². The molecule has 0 unspecified atom stereocenters. The minimum Gasteiger partial charge on any atom is -0.303 e. The summed E-state index contributed by atoms with van der Waals surface area (Å²) in [7, 11) is -3.67. The van der Waals surface area contributed by atoms with E-state index in [-0.39, 0.29) is 12.5 Å². The molecule has 1 saturated carbocycles. The van der Waals surface area contributed by atoms with E-state index < -0.39 is 21.2 Å². The Balaban J connectivity index is 1.69. The fourth-order valence-electron chi connectivity index (χ4n) is 3.46. The lowest BCUT2D eigenvalue weighted by Crippen LogP contribution is -2.47. The Morgan fingerprint density at radius 3 is 2.58 bits per heavy atom. The Hall–Kier alpha value is -1.89. The van der Waals surface area contributed by atoms with Gasteiger partial charge in [0.25, 0.3) is 5.91 Å². The van der Waals surface area contributed by atoms with Gasteiger partial charge in [-0.15, -0.1) is 0 Å². The fraction of sp³-hybridized carbons (Fsp3) is 0.529. The van der Waals surface area contributed by atoms with Gasteiger partial charge in [-0.1, -0.05) is 37.5 Å². The average Bonchev–Trinajstić information content (AvgIpc) is 2.58. The Morgan fingerprint density at radius 1 is 1.12 bits per heavy atom. The van der Waals surface area contributed by atoms with Crippen LogP contribution in [0.2, 0.25) is 0 Å². The third-order valence-electron chi connectivity index (χ3n) is 4.74. The first-order valence-electron chi connectivity index (χ1n) is 8.40. The van der Waals surface area contributed by atoms with E-state index in [1.807, 2.05) is 12.1 Å². The van der Waals surface area contributed by atoms with Gasteiger partial charge in [0.05, 0.1) is 5.25 Å². The quantitative estimate of drug-likeness (QED) is 0.897. The van der Waals surface area contributed by atoms with Gasteiger partial charge in [-0.3, -0.25) is 14.3 Å². The first-order valence-corrected chi connectivity index (χ1v) is 9.95. The van der Waals surface area contributed by atoms with Crippen molar-refractivity contribution in [1.82, 2.24) is 4.72 Å². The molecule has 0 saturated heterocycles. The van der Waals surface area contributed by atoms with Crippen molar-refractivity contribution < 1.29 is 18.0 Å². The summed E-state index contributed by atoms with van der Waals surface area (Å²) in [6.45, 7) is -0.262. The van der Waals surface area contributed by atoms with Crippen LogP contribution >= 0.6 is 0 Å². The standard InChI is InChI=1S/C17H22N2O4S/c20-16(18-24(22,23)14-7-2-1-3-8-14)12-19-15-9-5-4-6-13(15)10-11-17(19)21/h4-6,9,14H,1-3,7-8,10-12H2,(H,18,20). The third kappa shape index (κ3) is 3.61. The molecule has 0 bridgehead atoms. The molecule has 1 aromatic rings. The van der Waals surface area contributed by atoms with Crippen LogP contribution < -0.4 is 9.62 Å². The Labute approximate surface area is 142 Å². The number of benzene rings is 1. The van der Waals surface area contributed by atoms with Crippen molar-refractivity contribution in [2.75, 3.05) is 11.4 Å². The second-order valence-electron chi connectivity index (χ2n) is 6.44. The summed E-state index contributed by atoms with van der Waals surface area (Å²) in [5.74, 6) is -0.801. The first-order chi connectivity index (χ1) is 11.5. The van der Waals surface area contributed by atoms with E-state index in [1.54, 1.807) is 12.1 Å². The molecule has 3 rings (SSSR count). The first kappa shape index (κ1) is 17.0. The molecule has 1 N–H and O–H groups in total. The van der Waals surface area contributed by atoms with Crippen molar-refractivity contribution in [2.24, 2.45) is 0 Å². The number of anilines is 1. The smallest absolute Gasteiger partial charge is 0.253 e. The van der Waals surface area contributed by atoms with E-state index in [4.69, 9.17) is 0 Å². The van der Waals surface area contributed by atoms with Crippen LogP contribution in [0.4, 0.5) is 5.69 Å². The largest absolute Gasteiger partial charge is 0.303 e. The van der Waals surface area contributed by atoms with Crippen LogP contribution in [0, 0.1) is 0 Å². The molecule has 0 aromatic heterocycles. The van der Waals surface area contributed by atoms with Gasteiger partial charge in [0.2, 0.25) is 15.9 Å². The van der Waals surface area contributed by atoms with Crippen molar-refractivity contribution in [2.45, 2.75) is 50.2 Å². The highest BCUT2D eigenvalue weighted by atomic mass is 32.2. The Kier molecular flexibility index (Phi) is 4.89. The maximum absolute atomic E-state index is 12.3. The minimum absolute atomic E-state index is 0.154. The predicted molar refractivity (Wildman–Crippen MR) is 91.1 cm³/mol. The lowest BCUT2D eigenvalue weighted by Gasteiger charge is -2.29. The number of hydrogen-bond donors (Lipinski definition) is 1. The van der Waals surface area contributed by atoms with Crippen molar-refractivity contribution in [3.05, 3.63) is 29.8 Å². The molecule has 130 valence electrons. The number of aryl methyl sites for hydroxylation is 1. The van der Waals surface area contributed by atoms with Crippen molar-refractivity contribution in [1.29, 1.82) is 0 Å². The van der Waals surface area contributed by atoms with E-state index in [0.29, 0.717) is 31.4 Å². The molecule has 0 radical (unpaired) electrons. The van der Waals surface area contributed by atoms with E-state index in [9.17, 15) is 18.0 Å². The van der Waals surface area contributed by atoms with Crippen molar-refractivity contribution in [3.8, 4) is 0 Å². The summed E-state index contributed by atoms with van der Waals surface area (Å²) < 4.78 is 26.8. The number of carbonyl (C=O) groups is 2. The summed E-state index contributed by atoms with van der Waals surface area (Å²) in [4.78, 5) is 25.8. The summed E-state index contributed by atoms with van der Waals surface area (Å²) >= 11 is 0. The van der Waals surface area contributed by atoms with Crippen LogP contribution in [0.1, 0.15) is 44.1 Å². The molecular weight excluding hydrogens is 328 g/mol. The minimum atomic E-state index is -3.67. The summed E-state index contributed by atoms with van der Waals surface area (Å²) in [5.41, 5.74) is 1.69. The maximum Gasteiger partial charge on any atom is 0.253 e. The van der Waals surface area contributed by atoms with Crippen LogP contribution in [0.15, 0.2) is 24.3 Å². The van der Waals surface area contributed by atoms with E-state index in [1.165, 1.54) is 4.90 Å². The maximum atomic E-state index is 12.3. The van der Waals surface area contributed by atoms with Crippen molar-refractivity contribution >= 4 is 27.5 Å². The van der Waals surface area contributed by atoms with Crippen LogP contribution in [0.3, 0.4) is 0 Å². The Morgan fingerprint density at radius 2 is 1.83 bits per heavy atom. The van der Waals surface area contributed by atoms with Gasteiger partial charge >= 0.3 is 0 Å². The zero-order chi connectivity index (χ0) is 17.2. The number of fused-ring (bicyclic) bond motifs is 1. The summed E-state index contributed by atoms with van der Waals surface area (Å²) in [6.07, 6.45) is 4.95. The summed E-state index contributed by atoms with van der Waals surface area (Å²) in [5, 5.41) is -0.500. The van der Waals surface area contributed by atoms with Gasteiger partial charge in [0.15, 0.2) is 0 Å². The molecule has 2 amide bonds. The number of nitrogens with one attached hydrogen (secondary N) is 1. The molecule has 2 aliphatic rings. The van der Waals surface area contributed by atoms with Gasteiger partial charge in [-0.2, -0.15) is 0 Å². The fourth-order valence-corrected chi connectivity index (χ4v) is 4.97. The summed E-state index contributed by atoms with van der Waals surface area (Å²) in [6, 6.07) is 7.41. The van der Waals surface area contributed by atoms with E-state index in [0.717, 1.165) is 24.8 Å². The highest BCUT2D eigenvalue weighted by Crippen LogP contribution is 2.27. The SMILES string of the molecule is O=C(CN1C(=O)CCc2ccccc21)NS(=O)(=O)C1CCCCC1. The van der Waals surface area contributed by atoms with Crippen LogP contribution in [-0.2, 0) is 26.0 Å². The number of sulfonamides is 1. The normalized spacial score (nSPS) is 19.0. The molecule has 1 aliphatic carbocycles. The van der Waals surface area contributed by atoms with Gasteiger partial charge < -0.3 is 4.90 Å². The highest BCUT2D eigenvalue weighted by molar-refractivity contribution is 7.90.